The lowest BCUT2D eigenvalue weighted by Gasteiger charge is -2.32. The number of hydrogen-bond donors (Lipinski definition) is 0. The van der Waals surface area contributed by atoms with E-state index >= 15 is 0 Å². The van der Waals surface area contributed by atoms with Gasteiger partial charge in [0, 0.05) is 6.54 Å². The van der Waals surface area contributed by atoms with Crippen molar-refractivity contribution in [2.75, 3.05) is 6.67 Å². The summed E-state index contributed by atoms with van der Waals surface area (Å²) in [5.41, 5.74) is 1.15. The molecule has 2 aromatic heterocycles. The summed E-state index contributed by atoms with van der Waals surface area (Å²) in [4.78, 5) is 4.57. The Kier molecular flexibility index (Phi) is 3.68. The fraction of sp³-hybridized carbons (Fsp3) is 0.643. The van der Waals surface area contributed by atoms with E-state index in [4.69, 9.17) is 9.31 Å². The Labute approximate surface area is 129 Å². The first kappa shape index (κ1) is 15.4. The highest BCUT2D eigenvalue weighted by atomic mass is 19.1. The third-order valence-electron chi connectivity index (χ3n) is 4.38. The molecule has 0 atom stereocenters. The van der Waals surface area contributed by atoms with Crippen LogP contribution in [0, 0.1) is 0 Å². The van der Waals surface area contributed by atoms with Gasteiger partial charge < -0.3 is 9.31 Å². The zero-order chi connectivity index (χ0) is 16.0. The Morgan fingerprint density at radius 1 is 1.18 bits per heavy atom. The van der Waals surface area contributed by atoms with Gasteiger partial charge in [-0.2, -0.15) is 0 Å². The fourth-order valence-corrected chi connectivity index (χ4v) is 2.32. The number of alkyl halides is 1. The molecule has 0 aliphatic carbocycles. The van der Waals surface area contributed by atoms with E-state index in [2.05, 4.69) is 15.3 Å². The van der Waals surface area contributed by atoms with Crippen LogP contribution in [-0.4, -0.2) is 45.0 Å². The average molecular weight is 306 g/mol. The predicted octanol–water partition coefficient (Wildman–Crippen LogP) is 1.49. The van der Waals surface area contributed by atoms with Crippen molar-refractivity contribution in [3.63, 3.8) is 0 Å². The fourth-order valence-electron chi connectivity index (χ4n) is 2.32. The Bertz CT molecular complexity index is 673. The van der Waals surface area contributed by atoms with Crippen LogP contribution in [0.15, 0.2) is 12.1 Å². The van der Waals surface area contributed by atoms with Crippen molar-refractivity contribution in [3.05, 3.63) is 12.1 Å². The van der Waals surface area contributed by atoms with E-state index in [0.29, 0.717) is 29.7 Å². The molecule has 0 aromatic carbocycles. The molecule has 0 bridgehead atoms. The summed E-state index contributed by atoms with van der Waals surface area (Å²) < 4.78 is 26.0. The van der Waals surface area contributed by atoms with Crippen molar-refractivity contribution in [3.8, 4) is 0 Å². The van der Waals surface area contributed by atoms with Crippen molar-refractivity contribution in [1.82, 2.24) is 20.0 Å². The first-order valence-electron chi connectivity index (χ1n) is 7.46. The summed E-state index contributed by atoms with van der Waals surface area (Å²) in [6.07, 6.45) is 0.390. The normalized spacial score (nSPS) is 20.0. The quantitative estimate of drug-likeness (QED) is 0.801. The van der Waals surface area contributed by atoms with Gasteiger partial charge in [0.05, 0.1) is 23.5 Å². The molecule has 1 aliphatic rings. The number of nitrogens with zero attached hydrogens (tertiary/aromatic N) is 4. The van der Waals surface area contributed by atoms with Crippen LogP contribution >= 0.6 is 0 Å². The third kappa shape index (κ3) is 2.50. The molecule has 3 heterocycles. The van der Waals surface area contributed by atoms with Gasteiger partial charge in [0.1, 0.15) is 5.52 Å². The van der Waals surface area contributed by atoms with Crippen LogP contribution in [0.2, 0.25) is 0 Å². The lowest BCUT2D eigenvalue weighted by Crippen LogP contribution is -2.41. The van der Waals surface area contributed by atoms with Gasteiger partial charge in [-0.1, -0.05) is 5.21 Å². The summed E-state index contributed by atoms with van der Waals surface area (Å²) in [6, 6.07) is 3.67. The van der Waals surface area contributed by atoms with E-state index in [1.54, 1.807) is 4.68 Å². The molecule has 0 radical (unpaired) electrons. The Morgan fingerprint density at radius 3 is 2.50 bits per heavy atom. The lowest BCUT2D eigenvalue weighted by atomic mass is 9.84. The molecular formula is C14H20BFN4O2. The highest BCUT2D eigenvalue weighted by molar-refractivity contribution is 6.61. The Balaban J connectivity index is 1.92. The number of aryl methyl sites for hydroxylation is 1. The second-order valence-electron chi connectivity index (χ2n) is 6.52. The second kappa shape index (κ2) is 5.28. The zero-order valence-corrected chi connectivity index (χ0v) is 13.3. The SMILES string of the molecule is CC1(C)OB(c2ccc3nnn(CCCF)c3n2)OC1(C)C. The summed E-state index contributed by atoms with van der Waals surface area (Å²) in [7, 11) is -0.529. The highest BCUT2D eigenvalue weighted by Crippen LogP contribution is 2.36. The maximum Gasteiger partial charge on any atom is 0.514 e. The first-order chi connectivity index (χ1) is 10.3. The van der Waals surface area contributed by atoms with Gasteiger partial charge in [-0.05, 0) is 46.2 Å². The third-order valence-corrected chi connectivity index (χ3v) is 4.38. The number of aromatic nitrogens is 4. The molecule has 0 spiro atoms. The van der Waals surface area contributed by atoms with Gasteiger partial charge in [0.15, 0.2) is 5.65 Å². The van der Waals surface area contributed by atoms with Crippen molar-refractivity contribution in [1.29, 1.82) is 0 Å². The van der Waals surface area contributed by atoms with Gasteiger partial charge in [-0.25, -0.2) is 9.67 Å². The Hall–Kier alpha value is -1.54. The molecule has 0 unspecified atom stereocenters. The monoisotopic (exact) mass is 306 g/mol. The predicted molar refractivity (Wildman–Crippen MR) is 81.6 cm³/mol. The molecular weight excluding hydrogens is 286 g/mol. The van der Waals surface area contributed by atoms with Crippen molar-refractivity contribution in [2.24, 2.45) is 0 Å². The smallest absolute Gasteiger partial charge is 0.398 e. The molecule has 3 rings (SSSR count). The summed E-state index contributed by atoms with van der Waals surface area (Å²) >= 11 is 0. The van der Waals surface area contributed by atoms with E-state index in [1.165, 1.54) is 0 Å². The molecule has 1 saturated heterocycles. The van der Waals surface area contributed by atoms with Gasteiger partial charge in [-0.15, -0.1) is 5.10 Å². The largest absolute Gasteiger partial charge is 0.514 e. The first-order valence-corrected chi connectivity index (χ1v) is 7.46. The van der Waals surface area contributed by atoms with Crippen LogP contribution in [0.1, 0.15) is 34.1 Å². The number of rotatable bonds is 4. The average Bonchev–Trinajstić information content (AvgIpc) is 2.94. The molecule has 1 fully saturated rings. The van der Waals surface area contributed by atoms with E-state index < -0.39 is 25.0 Å². The molecule has 2 aromatic rings. The number of halogens is 1. The molecule has 6 nitrogen and oxygen atoms in total. The van der Waals surface area contributed by atoms with Gasteiger partial charge >= 0.3 is 7.12 Å². The highest BCUT2D eigenvalue weighted by Gasteiger charge is 2.52. The molecule has 8 heteroatoms. The standard InChI is InChI=1S/C14H20BFN4O2/c1-13(2)14(3,4)22-15(21-13)11-7-6-10-12(17-11)20(19-18-10)9-5-8-16/h6-7H,5,8-9H2,1-4H3. The van der Waals surface area contributed by atoms with Crippen molar-refractivity contribution in [2.45, 2.75) is 51.9 Å². The summed E-state index contributed by atoms with van der Waals surface area (Å²) in [6.45, 7) is 8.05. The van der Waals surface area contributed by atoms with E-state index in [0.717, 1.165) is 0 Å². The molecule has 0 amide bonds. The lowest BCUT2D eigenvalue weighted by molar-refractivity contribution is 0.00578. The minimum atomic E-state index is -0.529. The van der Waals surface area contributed by atoms with Gasteiger partial charge in [-0.3, -0.25) is 4.39 Å². The van der Waals surface area contributed by atoms with E-state index in [1.807, 2.05) is 39.8 Å². The minimum Gasteiger partial charge on any atom is -0.398 e. The van der Waals surface area contributed by atoms with Crippen LogP contribution < -0.4 is 5.59 Å². The second-order valence-corrected chi connectivity index (χ2v) is 6.52. The maximum absolute atomic E-state index is 12.4. The number of pyridine rings is 1. The molecule has 1 aliphatic heterocycles. The van der Waals surface area contributed by atoms with Crippen molar-refractivity contribution < 1.29 is 13.7 Å². The number of fused-ring (bicyclic) bond motifs is 1. The molecule has 22 heavy (non-hydrogen) atoms. The van der Waals surface area contributed by atoms with Crippen LogP contribution in [0.5, 0.6) is 0 Å². The van der Waals surface area contributed by atoms with Crippen LogP contribution in [0.3, 0.4) is 0 Å². The maximum atomic E-state index is 12.4. The van der Waals surface area contributed by atoms with E-state index in [9.17, 15) is 4.39 Å². The topological polar surface area (TPSA) is 62.1 Å². The summed E-state index contributed by atoms with van der Waals surface area (Å²) in [5, 5.41) is 8.06. The zero-order valence-electron chi connectivity index (χ0n) is 13.3. The minimum absolute atomic E-state index is 0.390. The summed E-state index contributed by atoms with van der Waals surface area (Å²) in [5.74, 6) is 0. The van der Waals surface area contributed by atoms with Gasteiger partial charge in [0.25, 0.3) is 0 Å². The van der Waals surface area contributed by atoms with Crippen molar-refractivity contribution >= 4 is 23.9 Å². The van der Waals surface area contributed by atoms with Crippen LogP contribution in [0.4, 0.5) is 4.39 Å². The molecule has 0 N–H and O–H groups in total. The van der Waals surface area contributed by atoms with Gasteiger partial charge in [0.2, 0.25) is 0 Å². The van der Waals surface area contributed by atoms with E-state index in [-0.39, 0.29) is 0 Å². The molecule has 118 valence electrons. The number of hydrogen-bond acceptors (Lipinski definition) is 5. The van der Waals surface area contributed by atoms with Crippen LogP contribution in [-0.2, 0) is 15.9 Å². The van der Waals surface area contributed by atoms with Crippen LogP contribution in [0.25, 0.3) is 11.2 Å². The molecule has 0 saturated carbocycles. The Morgan fingerprint density at radius 2 is 1.86 bits per heavy atom.